The van der Waals surface area contributed by atoms with Crippen LogP contribution in [-0.4, -0.2) is 86.3 Å². The van der Waals surface area contributed by atoms with Crippen LogP contribution in [-0.2, 0) is 27.2 Å². The molecule has 1 aromatic rings. The van der Waals surface area contributed by atoms with Gasteiger partial charge in [0.25, 0.3) is 0 Å². The molecule has 1 aliphatic heterocycles. The molecule has 0 fully saturated rings. The number of alkyl halides is 3. The van der Waals surface area contributed by atoms with Gasteiger partial charge in [-0.25, -0.2) is 4.79 Å². The first-order valence-electron chi connectivity index (χ1n) is 11.4. The van der Waals surface area contributed by atoms with Crippen molar-refractivity contribution in [2.45, 2.75) is 38.3 Å². The highest BCUT2D eigenvalue weighted by Crippen LogP contribution is 2.17. The molecule has 190 valence electrons. The van der Waals surface area contributed by atoms with Gasteiger partial charge in [0.2, 0.25) is 5.91 Å². The van der Waals surface area contributed by atoms with Gasteiger partial charge in [-0.15, -0.1) is 0 Å². The molecule has 1 amide bonds. The first-order valence-corrected chi connectivity index (χ1v) is 11.4. The van der Waals surface area contributed by atoms with Gasteiger partial charge in [0.05, 0.1) is 6.61 Å². The minimum atomic E-state index is -5.04. The normalized spacial score (nSPS) is 13.8. The molecule has 0 unspecified atom stereocenters. The number of esters is 1. The molecule has 0 saturated carbocycles. The summed E-state index contributed by atoms with van der Waals surface area (Å²) >= 11 is 0. The van der Waals surface area contributed by atoms with Crippen LogP contribution in [0.1, 0.15) is 40.7 Å². The van der Waals surface area contributed by atoms with E-state index in [9.17, 15) is 27.6 Å². The predicted octanol–water partition coefficient (Wildman–Crippen LogP) is 1.24. The first kappa shape index (κ1) is 27.7. The fourth-order valence-electron chi connectivity index (χ4n) is 3.66. The summed E-state index contributed by atoms with van der Waals surface area (Å²) < 4.78 is 40.6. The van der Waals surface area contributed by atoms with Gasteiger partial charge in [-0.3, -0.25) is 14.5 Å². The van der Waals surface area contributed by atoms with E-state index in [1.165, 1.54) is 11.1 Å². The standard InChI is InChI=1S/C23H32F3N3O5/c24-23(25,26)22(33)34-15-13-29(12-14-30)11-1-8-28-21(32)5-4-20(31)19-3-2-17-6-9-27-10-7-18(17)16-19/h2-3,16,27,30H,1,4-15H2,(H,28,32). The Labute approximate surface area is 196 Å². The van der Waals surface area contributed by atoms with Crippen LogP contribution in [0, 0.1) is 0 Å². The zero-order valence-corrected chi connectivity index (χ0v) is 19.1. The van der Waals surface area contributed by atoms with E-state index in [-0.39, 0.29) is 44.2 Å². The van der Waals surface area contributed by atoms with Crippen LogP contribution in [0.5, 0.6) is 0 Å². The molecule has 0 atom stereocenters. The van der Waals surface area contributed by atoms with Gasteiger partial charge in [0, 0.05) is 44.6 Å². The lowest BCUT2D eigenvalue weighted by Gasteiger charge is -2.21. The maximum atomic E-state index is 12.5. The van der Waals surface area contributed by atoms with Crippen molar-refractivity contribution in [1.82, 2.24) is 15.5 Å². The van der Waals surface area contributed by atoms with Gasteiger partial charge in [0.1, 0.15) is 6.61 Å². The van der Waals surface area contributed by atoms with Gasteiger partial charge in [-0.05, 0) is 49.5 Å². The fraction of sp³-hybridized carbons (Fsp3) is 0.609. The Balaban J connectivity index is 1.66. The zero-order valence-electron chi connectivity index (χ0n) is 19.1. The number of aliphatic hydroxyl groups is 1. The second-order valence-corrected chi connectivity index (χ2v) is 8.06. The van der Waals surface area contributed by atoms with Crippen molar-refractivity contribution in [2.24, 2.45) is 0 Å². The molecule has 0 saturated heterocycles. The summed E-state index contributed by atoms with van der Waals surface area (Å²) in [6.07, 6.45) is -2.60. The average molecular weight is 488 g/mol. The minimum absolute atomic E-state index is 0.0294. The number of carbonyl (C=O) groups excluding carboxylic acids is 3. The summed E-state index contributed by atoms with van der Waals surface area (Å²) in [6.45, 7) is 2.05. The number of ketones is 1. The molecule has 3 N–H and O–H groups in total. The second kappa shape index (κ2) is 14.0. The van der Waals surface area contributed by atoms with E-state index in [4.69, 9.17) is 5.11 Å². The van der Waals surface area contributed by atoms with Crippen molar-refractivity contribution in [2.75, 3.05) is 52.5 Å². The van der Waals surface area contributed by atoms with E-state index in [1.54, 1.807) is 4.90 Å². The SMILES string of the molecule is O=C(CCC(=O)c1ccc2c(c1)CCNCC2)NCCCN(CCO)CCOC(=O)C(F)(F)F. The van der Waals surface area contributed by atoms with E-state index in [0.717, 1.165) is 25.9 Å². The number of amides is 1. The third kappa shape index (κ3) is 9.78. The van der Waals surface area contributed by atoms with Crippen molar-refractivity contribution < 1.29 is 37.4 Å². The maximum Gasteiger partial charge on any atom is 0.490 e. The third-order valence-corrected chi connectivity index (χ3v) is 5.51. The number of nitrogens with zero attached hydrogens (tertiary/aromatic N) is 1. The van der Waals surface area contributed by atoms with E-state index in [2.05, 4.69) is 15.4 Å². The molecule has 0 aliphatic carbocycles. The summed E-state index contributed by atoms with van der Waals surface area (Å²) in [5.74, 6) is -2.60. The number of rotatable bonds is 13. The van der Waals surface area contributed by atoms with Crippen LogP contribution in [0.3, 0.4) is 0 Å². The third-order valence-electron chi connectivity index (χ3n) is 5.51. The maximum absolute atomic E-state index is 12.5. The molecule has 2 rings (SSSR count). The minimum Gasteiger partial charge on any atom is -0.458 e. The van der Waals surface area contributed by atoms with E-state index >= 15 is 0 Å². The highest BCUT2D eigenvalue weighted by molar-refractivity contribution is 5.98. The Morgan fingerprint density at radius 1 is 1.06 bits per heavy atom. The van der Waals surface area contributed by atoms with Crippen molar-refractivity contribution in [3.8, 4) is 0 Å². The highest BCUT2D eigenvalue weighted by Gasteiger charge is 2.40. The molecule has 0 aromatic heterocycles. The van der Waals surface area contributed by atoms with Crippen molar-refractivity contribution in [3.05, 3.63) is 34.9 Å². The van der Waals surface area contributed by atoms with Crippen LogP contribution in [0.25, 0.3) is 0 Å². The van der Waals surface area contributed by atoms with Gasteiger partial charge >= 0.3 is 12.1 Å². The number of hydrogen-bond acceptors (Lipinski definition) is 7. The van der Waals surface area contributed by atoms with Gasteiger partial charge in [0.15, 0.2) is 5.78 Å². The molecule has 0 spiro atoms. The predicted molar refractivity (Wildman–Crippen MR) is 118 cm³/mol. The molecule has 0 radical (unpaired) electrons. The molecular formula is C23H32F3N3O5. The Hall–Kier alpha value is -2.50. The number of carbonyl (C=O) groups is 3. The highest BCUT2D eigenvalue weighted by atomic mass is 19.4. The summed E-state index contributed by atoms with van der Waals surface area (Å²) in [4.78, 5) is 36.9. The molecule has 0 bridgehead atoms. The quantitative estimate of drug-likeness (QED) is 0.218. The monoisotopic (exact) mass is 487 g/mol. The molecule has 1 aromatic carbocycles. The van der Waals surface area contributed by atoms with E-state index in [0.29, 0.717) is 25.1 Å². The molecular weight excluding hydrogens is 455 g/mol. The number of halogens is 3. The van der Waals surface area contributed by atoms with Crippen LogP contribution in [0.15, 0.2) is 18.2 Å². The van der Waals surface area contributed by atoms with Crippen molar-refractivity contribution in [1.29, 1.82) is 0 Å². The van der Waals surface area contributed by atoms with Crippen molar-refractivity contribution >= 4 is 17.7 Å². The zero-order chi connectivity index (χ0) is 25.0. The number of fused-ring (bicyclic) bond motifs is 1. The van der Waals surface area contributed by atoms with E-state index < -0.39 is 18.8 Å². The molecule has 34 heavy (non-hydrogen) atoms. The van der Waals surface area contributed by atoms with Crippen LogP contribution < -0.4 is 10.6 Å². The molecule has 11 heteroatoms. The Morgan fingerprint density at radius 2 is 1.79 bits per heavy atom. The smallest absolute Gasteiger partial charge is 0.458 e. The van der Waals surface area contributed by atoms with Gasteiger partial charge < -0.3 is 20.5 Å². The number of aliphatic hydroxyl groups excluding tert-OH is 1. The number of Topliss-reactive ketones (excluding diaryl/α,β-unsaturated/α-hetero) is 1. The number of nitrogens with one attached hydrogen (secondary N) is 2. The van der Waals surface area contributed by atoms with Gasteiger partial charge in [-0.1, -0.05) is 12.1 Å². The molecule has 1 heterocycles. The summed E-state index contributed by atoms with van der Waals surface area (Å²) in [6, 6.07) is 5.72. The number of ether oxygens (including phenoxy) is 1. The summed E-state index contributed by atoms with van der Waals surface area (Å²) in [5, 5.41) is 15.1. The second-order valence-electron chi connectivity index (χ2n) is 8.06. The largest absolute Gasteiger partial charge is 0.490 e. The molecule has 8 nitrogen and oxygen atoms in total. The van der Waals surface area contributed by atoms with E-state index in [1.807, 2.05) is 18.2 Å². The van der Waals surface area contributed by atoms with Crippen LogP contribution >= 0.6 is 0 Å². The number of benzene rings is 1. The number of hydrogen-bond donors (Lipinski definition) is 3. The first-order chi connectivity index (χ1) is 16.2. The fourth-order valence-corrected chi connectivity index (χ4v) is 3.66. The van der Waals surface area contributed by atoms with Crippen molar-refractivity contribution in [3.63, 3.8) is 0 Å². The molecule has 1 aliphatic rings. The van der Waals surface area contributed by atoms with Crippen LogP contribution in [0.2, 0.25) is 0 Å². The summed E-state index contributed by atoms with van der Waals surface area (Å²) in [5.41, 5.74) is 3.02. The van der Waals surface area contributed by atoms with Crippen LogP contribution in [0.4, 0.5) is 13.2 Å². The Kier molecular flexibility index (Phi) is 11.4. The lowest BCUT2D eigenvalue weighted by Crippen LogP contribution is -2.35. The summed E-state index contributed by atoms with van der Waals surface area (Å²) in [7, 11) is 0. The Bertz CT molecular complexity index is 833. The lowest BCUT2D eigenvalue weighted by molar-refractivity contribution is -0.200. The Morgan fingerprint density at radius 3 is 2.50 bits per heavy atom. The average Bonchev–Trinajstić information content (AvgIpc) is 3.04. The van der Waals surface area contributed by atoms with Gasteiger partial charge in [-0.2, -0.15) is 13.2 Å². The topological polar surface area (TPSA) is 108 Å². The lowest BCUT2D eigenvalue weighted by atomic mass is 9.97.